The molecule has 0 aliphatic heterocycles. The van der Waals surface area contributed by atoms with Crippen LogP contribution in [0.25, 0.3) is 10.9 Å². The molecule has 0 spiro atoms. The highest BCUT2D eigenvalue weighted by Gasteiger charge is 2.14. The number of H-pyrrole nitrogens is 1. The van der Waals surface area contributed by atoms with E-state index in [2.05, 4.69) is 20.9 Å². The minimum absolute atomic E-state index is 0.176. The molecule has 4 nitrogen and oxygen atoms in total. The number of benzene rings is 2. The molecule has 6 heteroatoms. The Kier molecular flexibility index (Phi) is 3.76. The molecule has 0 bridgehead atoms. The predicted octanol–water partition coefficient (Wildman–Crippen LogP) is 3.88. The standard InChI is InChI=1S/C16H9BrClNO3/c17-12-6-9(16(22)8-1-3-10(18)4-2-8)5-11-13(20)7-14(21)19-15(11)12/h1-7H,(H2,19,20,21). The molecule has 1 heterocycles. The lowest BCUT2D eigenvalue weighted by Crippen LogP contribution is -2.06. The molecule has 0 radical (unpaired) electrons. The van der Waals surface area contributed by atoms with E-state index in [4.69, 9.17) is 11.6 Å². The lowest BCUT2D eigenvalue weighted by atomic mass is 10.0. The van der Waals surface area contributed by atoms with Crippen LogP contribution in [0.15, 0.2) is 51.7 Å². The number of ketones is 1. The molecule has 2 N–H and O–H groups in total. The molecule has 0 aliphatic carbocycles. The quantitative estimate of drug-likeness (QED) is 0.665. The normalized spacial score (nSPS) is 10.8. The number of fused-ring (bicyclic) bond motifs is 1. The van der Waals surface area contributed by atoms with Gasteiger partial charge in [-0.1, -0.05) is 11.6 Å². The minimum Gasteiger partial charge on any atom is -0.507 e. The number of aromatic amines is 1. The van der Waals surface area contributed by atoms with Gasteiger partial charge in [-0.3, -0.25) is 9.59 Å². The van der Waals surface area contributed by atoms with Crippen LogP contribution in [0, 0.1) is 0 Å². The Morgan fingerprint density at radius 3 is 2.45 bits per heavy atom. The monoisotopic (exact) mass is 377 g/mol. The maximum absolute atomic E-state index is 12.5. The lowest BCUT2D eigenvalue weighted by molar-refractivity contribution is 0.103. The Bertz CT molecular complexity index is 948. The predicted molar refractivity (Wildman–Crippen MR) is 88.8 cm³/mol. The fraction of sp³-hybridized carbons (Fsp3) is 0. The zero-order chi connectivity index (χ0) is 15.9. The van der Waals surface area contributed by atoms with Gasteiger partial charge < -0.3 is 10.1 Å². The van der Waals surface area contributed by atoms with Crippen LogP contribution in [0.1, 0.15) is 15.9 Å². The average molecular weight is 379 g/mol. The molecule has 0 saturated heterocycles. The van der Waals surface area contributed by atoms with Crippen LogP contribution in [-0.4, -0.2) is 15.9 Å². The van der Waals surface area contributed by atoms with Gasteiger partial charge >= 0.3 is 0 Å². The van der Waals surface area contributed by atoms with E-state index in [-0.39, 0.29) is 11.5 Å². The zero-order valence-corrected chi connectivity index (χ0v) is 13.4. The van der Waals surface area contributed by atoms with Gasteiger partial charge in [-0.25, -0.2) is 0 Å². The van der Waals surface area contributed by atoms with Gasteiger partial charge in [-0.05, 0) is 52.3 Å². The summed E-state index contributed by atoms with van der Waals surface area (Å²) in [5, 5.41) is 10.9. The van der Waals surface area contributed by atoms with Gasteiger partial charge in [0, 0.05) is 32.1 Å². The Morgan fingerprint density at radius 2 is 1.77 bits per heavy atom. The number of pyridine rings is 1. The smallest absolute Gasteiger partial charge is 0.252 e. The minimum atomic E-state index is -0.414. The molecule has 1 aromatic heterocycles. The Labute approximate surface area is 138 Å². The first-order valence-electron chi connectivity index (χ1n) is 6.31. The number of carbonyl (C=O) groups excluding carboxylic acids is 1. The number of hydrogen-bond donors (Lipinski definition) is 2. The van der Waals surface area contributed by atoms with Crippen molar-refractivity contribution in [3.63, 3.8) is 0 Å². The van der Waals surface area contributed by atoms with Crippen molar-refractivity contribution >= 4 is 44.2 Å². The number of rotatable bonds is 2. The number of carbonyl (C=O) groups is 1. The SMILES string of the molecule is O=C(c1ccc(Cl)cc1)c1cc(Br)c2[nH]c(=O)cc(O)c2c1. The van der Waals surface area contributed by atoms with E-state index >= 15 is 0 Å². The summed E-state index contributed by atoms with van der Waals surface area (Å²) in [5.74, 6) is -0.380. The second-order valence-corrected chi connectivity index (χ2v) is 6.03. The van der Waals surface area contributed by atoms with E-state index in [0.29, 0.717) is 31.5 Å². The van der Waals surface area contributed by atoms with Crippen LogP contribution < -0.4 is 5.56 Å². The molecule has 0 fully saturated rings. The van der Waals surface area contributed by atoms with Gasteiger partial charge in [0.05, 0.1) is 5.52 Å². The molecule has 22 heavy (non-hydrogen) atoms. The molecular formula is C16H9BrClNO3. The van der Waals surface area contributed by atoms with Crippen molar-refractivity contribution in [3.05, 3.63) is 73.4 Å². The second-order valence-electron chi connectivity index (χ2n) is 4.74. The van der Waals surface area contributed by atoms with Gasteiger partial charge in [0.25, 0.3) is 5.56 Å². The van der Waals surface area contributed by atoms with Crippen molar-refractivity contribution in [1.82, 2.24) is 4.98 Å². The van der Waals surface area contributed by atoms with Crippen LogP contribution in [-0.2, 0) is 0 Å². The highest BCUT2D eigenvalue weighted by molar-refractivity contribution is 9.10. The van der Waals surface area contributed by atoms with Gasteiger partial charge in [0.2, 0.25) is 0 Å². The van der Waals surface area contributed by atoms with E-state index in [0.717, 1.165) is 6.07 Å². The molecule has 0 aliphatic rings. The van der Waals surface area contributed by atoms with Crippen molar-refractivity contribution in [2.45, 2.75) is 0 Å². The van der Waals surface area contributed by atoms with E-state index in [9.17, 15) is 14.7 Å². The number of hydrogen-bond acceptors (Lipinski definition) is 3. The first kappa shape index (κ1) is 14.8. The van der Waals surface area contributed by atoms with Crippen molar-refractivity contribution in [3.8, 4) is 5.75 Å². The summed E-state index contributed by atoms with van der Waals surface area (Å²) in [6.07, 6.45) is 0. The molecular weight excluding hydrogens is 370 g/mol. The maximum atomic E-state index is 12.5. The van der Waals surface area contributed by atoms with Crippen LogP contribution in [0.4, 0.5) is 0 Å². The Balaban J connectivity index is 2.18. The second kappa shape index (κ2) is 5.59. The summed E-state index contributed by atoms with van der Waals surface area (Å²) in [5.41, 5.74) is 0.906. The largest absolute Gasteiger partial charge is 0.507 e. The summed E-state index contributed by atoms with van der Waals surface area (Å²) < 4.78 is 0.523. The highest BCUT2D eigenvalue weighted by atomic mass is 79.9. The maximum Gasteiger partial charge on any atom is 0.252 e. The third kappa shape index (κ3) is 2.65. The van der Waals surface area contributed by atoms with Crippen LogP contribution >= 0.6 is 27.5 Å². The topological polar surface area (TPSA) is 70.2 Å². The third-order valence-electron chi connectivity index (χ3n) is 3.25. The zero-order valence-electron chi connectivity index (χ0n) is 11.1. The molecule has 0 unspecified atom stereocenters. The first-order valence-corrected chi connectivity index (χ1v) is 7.48. The van der Waals surface area contributed by atoms with Gasteiger partial charge in [-0.2, -0.15) is 0 Å². The lowest BCUT2D eigenvalue weighted by Gasteiger charge is -2.07. The van der Waals surface area contributed by atoms with Crippen LogP contribution in [0.5, 0.6) is 5.75 Å². The van der Waals surface area contributed by atoms with E-state index < -0.39 is 5.56 Å². The Morgan fingerprint density at radius 1 is 1.09 bits per heavy atom. The average Bonchev–Trinajstić information content (AvgIpc) is 2.48. The summed E-state index contributed by atoms with van der Waals surface area (Å²) in [6, 6.07) is 10.8. The summed E-state index contributed by atoms with van der Waals surface area (Å²) >= 11 is 9.13. The first-order chi connectivity index (χ1) is 10.5. The molecule has 3 aromatic rings. The van der Waals surface area contributed by atoms with E-state index in [1.165, 1.54) is 0 Å². The number of aromatic hydroxyl groups is 1. The molecule has 0 atom stereocenters. The number of halogens is 2. The molecule has 2 aromatic carbocycles. The molecule has 3 rings (SSSR count). The van der Waals surface area contributed by atoms with Crippen LogP contribution in [0.2, 0.25) is 5.02 Å². The molecule has 0 amide bonds. The highest BCUT2D eigenvalue weighted by Crippen LogP contribution is 2.29. The van der Waals surface area contributed by atoms with Gasteiger partial charge in [-0.15, -0.1) is 0 Å². The van der Waals surface area contributed by atoms with E-state index in [1.54, 1.807) is 36.4 Å². The van der Waals surface area contributed by atoms with Crippen molar-refractivity contribution < 1.29 is 9.90 Å². The van der Waals surface area contributed by atoms with Crippen LogP contribution in [0.3, 0.4) is 0 Å². The van der Waals surface area contributed by atoms with Crippen molar-refractivity contribution in [1.29, 1.82) is 0 Å². The van der Waals surface area contributed by atoms with E-state index in [1.807, 2.05) is 0 Å². The summed E-state index contributed by atoms with van der Waals surface area (Å²) in [4.78, 5) is 26.5. The van der Waals surface area contributed by atoms with Crippen molar-refractivity contribution in [2.75, 3.05) is 0 Å². The summed E-state index contributed by atoms with van der Waals surface area (Å²) in [6.45, 7) is 0. The van der Waals surface area contributed by atoms with Crippen molar-refractivity contribution in [2.24, 2.45) is 0 Å². The van der Waals surface area contributed by atoms with Gasteiger partial charge in [0.15, 0.2) is 5.78 Å². The molecule has 0 saturated carbocycles. The fourth-order valence-corrected chi connectivity index (χ4v) is 2.88. The third-order valence-corrected chi connectivity index (χ3v) is 4.13. The Hall–Kier alpha value is -2.11. The fourth-order valence-electron chi connectivity index (χ4n) is 2.20. The number of aromatic nitrogens is 1. The number of nitrogens with one attached hydrogen (secondary N) is 1. The summed E-state index contributed by atoms with van der Waals surface area (Å²) in [7, 11) is 0. The van der Waals surface area contributed by atoms with Gasteiger partial charge in [0.1, 0.15) is 5.75 Å². The molecule has 110 valence electrons.